The lowest BCUT2D eigenvalue weighted by Crippen LogP contribution is -2.25. The Bertz CT molecular complexity index is 1110. The molecule has 1 aliphatic rings. The summed E-state index contributed by atoms with van der Waals surface area (Å²) in [7, 11) is 0. The molecule has 0 aromatic heterocycles. The van der Waals surface area contributed by atoms with Crippen LogP contribution in [-0.4, -0.2) is 24.9 Å². The van der Waals surface area contributed by atoms with Crippen LogP contribution in [0.25, 0.3) is 11.1 Å². The van der Waals surface area contributed by atoms with Crippen molar-refractivity contribution in [1.82, 2.24) is 0 Å². The molecule has 1 N–H and O–H groups in total. The lowest BCUT2D eigenvalue weighted by atomic mass is 10.0. The molecular formula is C23H16N2O4. The zero-order valence-corrected chi connectivity index (χ0v) is 15.3. The number of rotatable bonds is 5. The second-order valence-corrected chi connectivity index (χ2v) is 6.47. The summed E-state index contributed by atoms with van der Waals surface area (Å²) < 4.78 is 10.9. The van der Waals surface area contributed by atoms with Crippen LogP contribution in [0.3, 0.4) is 0 Å². The van der Waals surface area contributed by atoms with Gasteiger partial charge in [0, 0.05) is 5.56 Å². The Morgan fingerprint density at radius 2 is 1.72 bits per heavy atom. The first-order chi connectivity index (χ1) is 14.1. The van der Waals surface area contributed by atoms with E-state index in [1.807, 2.05) is 24.3 Å². The largest absolute Gasteiger partial charge is 0.485 e. The average Bonchev–Trinajstić information content (AvgIpc) is 2.77. The van der Waals surface area contributed by atoms with Crippen LogP contribution in [0, 0.1) is 11.3 Å². The van der Waals surface area contributed by atoms with E-state index in [0.717, 1.165) is 11.1 Å². The van der Waals surface area contributed by atoms with Gasteiger partial charge in [0.25, 0.3) is 5.91 Å². The maximum atomic E-state index is 12.4. The van der Waals surface area contributed by atoms with Crippen LogP contribution in [0.5, 0.6) is 11.5 Å². The van der Waals surface area contributed by atoms with Crippen LogP contribution in [0.1, 0.15) is 15.9 Å². The first kappa shape index (κ1) is 18.3. The molecule has 6 nitrogen and oxygen atoms in total. The monoisotopic (exact) mass is 384 g/mol. The minimum atomic E-state index is -0.249. The van der Waals surface area contributed by atoms with Crippen LogP contribution < -0.4 is 14.8 Å². The fraction of sp³-hybridized carbons (Fsp3) is 0.0870. The zero-order valence-electron chi connectivity index (χ0n) is 15.3. The third kappa shape index (κ3) is 4.09. The quantitative estimate of drug-likeness (QED) is 0.676. The Morgan fingerprint density at radius 3 is 2.41 bits per heavy atom. The first-order valence-electron chi connectivity index (χ1n) is 8.96. The van der Waals surface area contributed by atoms with E-state index in [1.165, 1.54) is 0 Å². The molecular weight excluding hydrogens is 368 g/mol. The molecule has 0 spiro atoms. The maximum Gasteiger partial charge on any atom is 0.262 e. The van der Waals surface area contributed by atoms with Crippen molar-refractivity contribution in [2.24, 2.45) is 0 Å². The number of carbonyl (C=O) groups is 2. The number of nitrogens with zero attached hydrogens (tertiary/aromatic N) is 1. The molecule has 1 amide bonds. The number of carbonyl (C=O) groups excluding carboxylic acids is 2. The summed E-state index contributed by atoms with van der Waals surface area (Å²) >= 11 is 0. The predicted molar refractivity (Wildman–Crippen MR) is 107 cm³/mol. The molecule has 6 heteroatoms. The van der Waals surface area contributed by atoms with Crippen molar-refractivity contribution in [3.8, 4) is 28.7 Å². The number of benzene rings is 3. The van der Waals surface area contributed by atoms with Gasteiger partial charge in [-0.15, -0.1) is 0 Å². The van der Waals surface area contributed by atoms with Gasteiger partial charge in [-0.25, -0.2) is 0 Å². The second kappa shape index (κ2) is 7.87. The number of Topliss-reactive ketones (excluding diaryl/α,β-unsaturated/α-hetero) is 1. The minimum Gasteiger partial charge on any atom is -0.485 e. The van der Waals surface area contributed by atoms with Crippen molar-refractivity contribution in [2.45, 2.75) is 0 Å². The first-order valence-corrected chi connectivity index (χ1v) is 8.96. The van der Waals surface area contributed by atoms with Gasteiger partial charge in [0.05, 0.1) is 17.3 Å². The van der Waals surface area contributed by atoms with E-state index in [9.17, 15) is 9.59 Å². The van der Waals surface area contributed by atoms with Crippen molar-refractivity contribution >= 4 is 17.4 Å². The van der Waals surface area contributed by atoms with E-state index in [1.54, 1.807) is 42.5 Å². The fourth-order valence-corrected chi connectivity index (χ4v) is 2.97. The summed E-state index contributed by atoms with van der Waals surface area (Å²) in [4.78, 5) is 23.8. The van der Waals surface area contributed by atoms with Crippen molar-refractivity contribution < 1.29 is 19.1 Å². The lowest BCUT2D eigenvalue weighted by Gasteiger charge is -2.18. The summed E-state index contributed by atoms with van der Waals surface area (Å²) in [5, 5.41) is 11.6. The lowest BCUT2D eigenvalue weighted by molar-refractivity contribution is -0.118. The van der Waals surface area contributed by atoms with E-state index < -0.39 is 0 Å². The molecule has 1 aliphatic heterocycles. The van der Waals surface area contributed by atoms with Crippen molar-refractivity contribution in [1.29, 1.82) is 5.26 Å². The minimum absolute atomic E-state index is 0.0259. The van der Waals surface area contributed by atoms with E-state index in [0.29, 0.717) is 28.3 Å². The number of nitrogens with one attached hydrogen (secondary N) is 1. The van der Waals surface area contributed by atoms with Gasteiger partial charge >= 0.3 is 0 Å². The third-order valence-electron chi connectivity index (χ3n) is 4.51. The van der Waals surface area contributed by atoms with Crippen molar-refractivity contribution in [3.63, 3.8) is 0 Å². The van der Waals surface area contributed by atoms with Gasteiger partial charge in [0.15, 0.2) is 19.0 Å². The highest BCUT2D eigenvalue weighted by Gasteiger charge is 2.18. The molecule has 0 unspecified atom stereocenters. The number of fused-ring (bicyclic) bond motifs is 1. The number of ketones is 1. The Labute approximate surface area is 167 Å². The van der Waals surface area contributed by atoms with Gasteiger partial charge < -0.3 is 14.8 Å². The summed E-state index contributed by atoms with van der Waals surface area (Å²) in [5.41, 5.74) is 3.51. The number of amides is 1. The summed E-state index contributed by atoms with van der Waals surface area (Å²) in [6, 6.07) is 21.7. The molecule has 4 rings (SSSR count). The smallest absolute Gasteiger partial charge is 0.262 e. The Balaban J connectivity index is 1.40. The van der Waals surface area contributed by atoms with Gasteiger partial charge in [-0.05, 0) is 53.6 Å². The number of nitriles is 1. The van der Waals surface area contributed by atoms with Gasteiger partial charge in [0.1, 0.15) is 11.5 Å². The number of hydrogen-bond donors (Lipinski definition) is 1. The van der Waals surface area contributed by atoms with Crippen LogP contribution in [-0.2, 0) is 4.79 Å². The normalized spacial score (nSPS) is 12.2. The Kier molecular flexibility index (Phi) is 4.95. The maximum absolute atomic E-state index is 12.4. The molecule has 142 valence electrons. The van der Waals surface area contributed by atoms with Crippen LogP contribution >= 0.6 is 0 Å². The highest BCUT2D eigenvalue weighted by Crippen LogP contribution is 2.29. The van der Waals surface area contributed by atoms with Crippen molar-refractivity contribution in [2.75, 3.05) is 18.5 Å². The Hall–Kier alpha value is -4.11. The van der Waals surface area contributed by atoms with Crippen LogP contribution in [0.15, 0.2) is 66.7 Å². The summed E-state index contributed by atoms with van der Waals surface area (Å²) in [5.74, 6) is 0.662. The van der Waals surface area contributed by atoms with E-state index in [4.69, 9.17) is 14.7 Å². The average molecular weight is 384 g/mol. The molecule has 0 aliphatic carbocycles. The molecule has 0 fully saturated rings. The second-order valence-electron chi connectivity index (χ2n) is 6.47. The number of ether oxygens (including phenoxy) is 2. The molecule has 1 heterocycles. The van der Waals surface area contributed by atoms with Crippen molar-refractivity contribution in [3.05, 3.63) is 77.9 Å². The third-order valence-corrected chi connectivity index (χ3v) is 4.51. The Morgan fingerprint density at radius 1 is 1.03 bits per heavy atom. The fourth-order valence-electron chi connectivity index (χ4n) is 2.97. The van der Waals surface area contributed by atoms with E-state index in [-0.39, 0.29) is 24.9 Å². The number of hydrogen-bond acceptors (Lipinski definition) is 5. The standard InChI is InChI=1S/C23H16N2O4/c24-12-15-1-3-16(4-2-15)17-5-8-19(9-6-17)28-13-21(26)18-7-10-22-20(11-18)25-23(27)14-29-22/h1-11H,13-14H2,(H,25,27). The van der Waals surface area contributed by atoms with Crippen LogP contribution in [0.2, 0.25) is 0 Å². The van der Waals surface area contributed by atoms with Gasteiger partial charge in [-0.2, -0.15) is 5.26 Å². The topological polar surface area (TPSA) is 88.4 Å². The highest BCUT2D eigenvalue weighted by atomic mass is 16.5. The molecule has 0 bridgehead atoms. The van der Waals surface area contributed by atoms with E-state index >= 15 is 0 Å². The predicted octanol–water partition coefficient (Wildman–Crippen LogP) is 3.82. The molecule has 3 aromatic carbocycles. The van der Waals surface area contributed by atoms with Gasteiger partial charge in [0.2, 0.25) is 0 Å². The summed E-state index contributed by atoms with van der Waals surface area (Å²) in [6.07, 6.45) is 0. The molecule has 0 saturated heterocycles. The highest BCUT2D eigenvalue weighted by molar-refractivity contribution is 6.01. The van der Waals surface area contributed by atoms with Gasteiger partial charge in [-0.3, -0.25) is 9.59 Å². The zero-order chi connectivity index (χ0) is 20.2. The van der Waals surface area contributed by atoms with E-state index in [2.05, 4.69) is 11.4 Å². The molecule has 0 saturated carbocycles. The molecule has 3 aromatic rings. The van der Waals surface area contributed by atoms with Gasteiger partial charge in [-0.1, -0.05) is 24.3 Å². The summed E-state index contributed by atoms with van der Waals surface area (Å²) in [6.45, 7) is -0.147. The molecule has 29 heavy (non-hydrogen) atoms. The number of anilines is 1. The SMILES string of the molecule is N#Cc1ccc(-c2ccc(OCC(=O)c3ccc4c(c3)NC(=O)CO4)cc2)cc1. The molecule has 0 radical (unpaired) electrons. The van der Waals surface area contributed by atoms with Crippen LogP contribution in [0.4, 0.5) is 5.69 Å². The molecule has 0 atom stereocenters.